The molecule has 7 rings (SSSR count). The number of anilines is 1. The van der Waals surface area contributed by atoms with E-state index in [0.29, 0.717) is 17.7 Å². The van der Waals surface area contributed by atoms with Crippen LogP contribution in [0.3, 0.4) is 0 Å². The molecule has 0 radical (unpaired) electrons. The van der Waals surface area contributed by atoms with Gasteiger partial charge in [0.05, 0.1) is 17.9 Å². The van der Waals surface area contributed by atoms with Crippen molar-refractivity contribution in [1.82, 2.24) is 10.2 Å². The van der Waals surface area contributed by atoms with Gasteiger partial charge in [-0.3, -0.25) is 9.89 Å². The Kier molecular flexibility index (Phi) is 5.41. The number of furan rings is 1. The quantitative estimate of drug-likeness (QED) is 0.346. The Morgan fingerprint density at radius 1 is 1.05 bits per heavy atom. The van der Waals surface area contributed by atoms with E-state index in [1.807, 2.05) is 6.26 Å². The van der Waals surface area contributed by atoms with Gasteiger partial charge in [0, 0.05) is 22.2 Å². The number of aliphatic carboxylic acids is 1. The van der Waals surface area contributed by atoms with Crippen LogP contribution in [0.2, 0.25) is 0 Å². The number of rotatable bonds is 2. The first-order valence-electron chi connectivity index (χ1n) is 15.9. The van der Waals surface area contributed by atoms with Crippen molar-refractivity contribution in [3.05, 3.63) is 41.0 Å². The van der Waals surface area contributed by atoms with Crippen LogP contribution in [0.25, 0.3) is 5.57 Å². The number of nitrogens with zero attached hydrogens (tertiary/aromatic N) is 1. The number of nitrogen functional groups attached to an aromatic ring is 1. The Bertz CT molecular complexity index is 1450. The Balaban J connectivity index is 1.47. The Morgan fingerprint density at radius 2 is 1.78 bits per heavy atom. The Labute approximate surface area is 244 Å². The van der Waals surface area contributed by atoms with E-state index >= 15 is 0 Å². The van der Waals surface area contributed by atoms with E-state index in [9.17, 15) is 9.90 Å². The summed E-state index contributed by atoms with van der Waals surface area (Å²) < 4.78 is 5.73. The highest BCUT2D eigenvalue weighted by Gasteiger charge is 2.70. The summed E-state index contributed by atoms with van der Waals surface area (Å²) in [5.41, 5.74) is 12.4. The van der Waals surface area contributed by atoms with E-state index in [2.05, 4.69) is 64.7 Å². The second-order valence-corrected chi connectivity index (χ2v) is 16.8. The second-order valence-electron chi connectivity index (χ2n) is 16.8. The molecule has 3 fully saturated rings. The zero-order chi connectivity index (χ0) is 29.4. The minimum Gasteiger partial charge on any atom is -0.481 e. The molecule has 0 amide bonds. The summed E-state index contributed by atoms with van der Waals surface area (Å²) in [6, 6.07) is 2.12. The van der Waals surface area contributed by atoms with Gasteiger partial charge in [-0.25, -0.2) is 0 Å². The second kappa shape index (κ2) is 8.11. The van der Waals surface area contributed by atoms with Gasteiger partial charge in [-0.05, 0) is 109 Å². The number of aromatic amines is 1. The molecule has 222 valence electrons. The molecule has 0 aromatic carbocycles. The van der Waals surface area contributed by atoms with Crippen molar-refractivity contribution < 1.29 is 14.3 Å². The lowest BCUT2D eigenvalue weighted by molar-refractivity contribution is -0.175. The molecule has 3 saturated carbocycles. The molecule has 2 heterocycles. The van der Waals surface area contributed by atoms with Crippen LogP contribution in [-0.4, -0.2) is 21.3 Å². The van der Waals surface area contributed by atoms with Crippen LogP contribution in [0.4, 0.5) is 5.82 Å². The third-order valence-electron chi connectivity index (χ3n) is 14.3. The molecule has 0 saturated heterocycles. The Hall–Kier alpha value is -2.50. The van der Waals surface area contributed by atoms with Gasteiger partial charge in [0.25, 0.3) is 0 Å². The molecule has 2 aromatic rings. The lowest BCUT2D eigenvalue weighted by Gasteiger charge is -2.71. The molecular weight excluding hydrogens is 510 g/mol. The van der Waals surface area contributed by atoms with E-state index in [1.54, 1.807) is 6.26 Å². The maximum absolute atomic E-state index is 13.2. The first-order valence-corrected chi connectivity index (χ1v) is 15.9. The van der Waals surface area contributed by atoms with Crippen LogP contribution in [0, 0.1) is 44.8 Å². The fourth-order valence-corrected chi connectivity index (χ4v) is 11.9. The zero-order valence-electron chi connectivity index (χ0n) is 26.1. The number of carboxylic acid groups (broad SMARTS) is 1. The van der Waals surface area contributed by atoms with Gasteiger partial charge in [-0.15, -0.1) is 0 Å². The maximum Gasteiger partial charge on any atom is 0.310 e. The number of H-pyrrole nitrogens is 1. The molecule has 0 bridgehead atoms. The van der Waals surface area contributed by atoms with Crippen molar-refractivity contribution >= 4 is 17.4 Å². The van der Waals surface area contributed by atoms with Crippen molar-refractivity contribution in [2.45, 2.75) is 112 Å². The summed E-state index contributed by atoms with van der Waals surface area (Å²) in [5, 5.41) is 18.7. The van der Waals surface area contributed by atoms with Crippen molar-refractivity contribution in [3.8, 4) is 0 Å². The number of carbonyl (C=O) groups is 1. The number of fused-ring (bicyclic) bond motifs is 8. The van der Waals surface area contributed by atoms with Crippen LogP contribution in [-0.2, 0) is 16.6 Å². The van der Waals surface area contributed by atoms with Gasteiger partial charge in [0.15, 0.2) is 0 Å². The summed E-state index contributed by atoms with van der Waals surface area (Å²) in [4.78, 5) is 13.2. The molecule has 0 aliphatic heterocycles. The third-order valence-corrected chi connectivity index (χ3v) is 14.3. The number of allylic oxidation sites excluding steroid dienone is 2. The summed E-state index contributed by atoms with van der Waals surface area (Å²) in [6.07, 6.45) is 12.3. The Morgan fingerprint density at radius 3 is 2.46 bits per heavy atom. The lowest BCUT2D eigenvalue weighted by atomic mass is 9.33. The molecule has 7 atom stereocenters. The van der Waals surface area contributed by atoms with Gasteiger partial charge in [-0.1, -0.05) is 54.0 Å². The normalized spacial score (nSPS) is 42.4. The van der Waals surface area contributed by atoms with Gasteiger partial charge in [0.1, 0.15) is 5.82 Å². The highest BCUT2D eigenvalue weighted by atomic mass is 16.4. The summed E-state index contributed by atoms with van der Waals surface area (Å²) in [5.74, 6) is 1.06. The van der Waals surface area contributed by atoms with Crippen molar-refractivity contribution in [3.63, 3.8) is 0 Å². The van der Waals surface area contributed by atoms with Gasteiger partial charge < -0.3 is 15.3 Å². The van der Waals surface area contributed by atoms with Crippen LogP contribution in [0.15, 0.2) is 28.6 Å². The number of nitrogens with one attached hydrogen (secondary N) is 1. The van der Waals surface area contributed by atoms with Crippen molar-refractivity contribution in [2.24, 2.45) is 44.8 Å². The average molecular weight is 560 g/mol. The summed E-state index contributed by atoms with van der Waals surface area (Å²) in [7, 11) is 0. The third kappa shape index (κ3) is 3.25. The number of carboxylic acids is 1. The highest BCUT2D eigenvalue weighted by Crippen LogP contribution is 2.77. The molecule has 4 N–H and O–H groups in total. The van der Waals surface area contributed by atoms with E-state index in [0.717, 1.165) is 56.9 Å². The number of hydrogen-bond acceptors (Lipinski definition) is 4. The molecule has 1 unspecified atom stereocenters. The number of hydrogen-bond donors (Lipinski definition) is 3. The number of nitrogens with two attached hydrogens (primary N) is 1. The zero-order valence-corrected chi connectivity index (χ0v) is 26.1. The monoisotopic (exact) mass is 559 g/mol. The predicted molar refractivity (Wildman–Crippen MR) is 161 cm³/mol. The minimum absolute atomic E-state index is 0.0399. The van der Waals surface area contributed by atoms with Crippen LogP contribution >= 0.6 is 0 Å². The highest BCUT2D eigenvalue weighted by molar-refractivity contribution is 5.80. The van der Waals surface area contributed by atoms with Crippen LogP contribution in [0.5, 0.6) is 0 Å². The molecule has 2 aromatic heterocycles. The van der Waals surface area contributed by atoms with Gasteiger partial charge in [-0.2, -0.15) is 5.10 Å². The SMILES string of the molecule is CC1(C)CC[C@]2(C(=O)O)CC[C@]3(C)C(=C(c4ccoc4)CC4[C@@]5(C)Cc6c(N)n[nH]c6C(C)(C)[C@@H]5CC[C@]43C)[C@@H]2C1. The molecule has 6 nitrogen and oxygen atoms in total. The van der Waals surface area contributed by atoms with E-state index < -0.39 is 11.4 Å². The number of aromatic nitrogens is 2. The molecule has 5 aliphatic carbocycles. The fourth-order valence-electron chi connectivity index (χ4n) is 11.9. The largest absolute Gasteiger partial charge is 0.481 e. The lowest BCUT2D eigenvalue weighted by Crippen LogP contribution is -2.65. The molecule has 0 spiro atoms. The van der Waals surface area contributed by atoms with Crippen LogP contribution < -0.4 is 5.73 Å². The summed E-state index contributed by atoms with van der Waals surface area (Å²) in [6.45, 7) is 17.1. The minimum atomic E-state index is -0.670. The van der Waals surface area contributed by atoms with Gasteiger partial charge >= 0.3 is 5.97 Å². The van der Waals surface area contributed by atoms with Crippen LogP contribution in [0.1, 0.15) is 117 Å². The van der Waals surface area contributed by atoms with Gasteiger partial charge in [0.2, 0.25) is 0 Å². The smallest absolute Gasteiger partial charge is 0.310 e. The fraction of sp³-hybridized carbons (Fsp3) is 0.714. The molecule has 41 heavy (non-hydrogen) atoms. The molecule has 6 heteroatoms. The van der Waals surface area contributed by atoms with Crippen molar-refractivity contribution in [2.75, 3.05) is 5.73 Å². The molecule has 5 aliphatic rings. The van der Waals surface area contributed by atoms with E-state index in [4.69, 9.17) is 10.2 Å². The predicted octanol–water partition coefficient (Wildman–Crippen LogP) is 8.01. The van der Waals surface area contributed by atoms with E-state index in [-0.39, 0.29) is 33.0 Å². The average Bonchev–Trinajstić information content (AvgIpc) is 3.54. The van der Waals surface area contributed by atoms with Crippen molar-refractivity contribution in [1.29, 1.82) is 0 Å². The maximum atomic E-state index is 13.2. The first kappa shape index (κ1) is 27.3. The topological polar surface area (TPSA) is 105 Å². The summed E-state index contributed by atoms with van der Waals surface area (Å²) >= 11 is 0. The molecular formula is C35H49N3O3. The van der Waals surface area contributed by atoms with E-state index in [1.165, 1.54) is 28.8 Å². The first-order chi connectivity index (χ1) is 19.1. The standard InChI is InChI=1S/C35H49N3O3/c1-30(2)11-13-35(29(39)40)14-12-34(7)26(23(35)18-30)21(20-9-15-41-19-20)16-25-32(5)17-22-27(37-38-28(22)36)31(3,4)24(32)8-10-33(25,34)6/h9,15,19,23-25H,8,10-14,16-18H2,1-7H3,(H,39,40)(H3,36,37,38)/t23-,24-,25?,32-,33+,34+,35-/m0/s1.